The molecule has 0 amide bonds. The number of carbonyl (C=O) groups is 1. The normalized spacial score (nSPS) is 10.4. The van der Waals surface area contributed by atoms with E-state index in [0.29, 0.717) is 23.4 Å². The smallest absolute Gasteiger partial charge is 0.335 e. The number of hydrogen-bond donors (Lipinski definition) is 1. The van der Waals surface area contributed by atoms with Gasteiger partial charge in [-0.3, -0.25) is 0 Å². The van der Waals surface area contributed by atoms with Crippen molar-refractivity contribution in [2.45, 2.75) is 26.7 Å². The van der Waals surface area contributed by atoms with Crippen LogP contribution in [0.3, 0.4) is 0 Å². The highest BCUT2D eigenvalue weighted by molar-refractivity contribution is 5.88. The Morgan fingerprint density at radius 2 is 2.10 bits per heavy atom. The molecule has 0 saturated carbocycles. The monoisotopic (exact) mass is 289 g/mol. The van der Waals surface area contributed by atoms with Crippen molar-refractivity contribution < 1.29 is 19.0 Å². The second-order valence-corrected chi connectivity index (χ2v) is 4.75. The zero-order chi connectivity index (χ0) is 15.4. The third-order valence-electron chi connectivity index (χ3n) is 2.96. The van der Waals surface area contributed by atoms with Gasteiger partial charge in [-0.25, -0.2) is 14.2 Å². The van der Waals surface area contributed by atoms with E-state index in [9.17, 15) is 9.18 Å². The Balaban J connectivity index is 2.33. The van der Waals surface area contributed by atoms with Crippen LogP contribution in [0.4, 0.5) is 4.39 Å². The highest BCUT2D eigenvalue weighted by Crippen LogP contribution is 2.23. The fourth-order valence-corrected chi connectivity index (χ4v) is 1.92. The van der Waals surface area contributed by atoms with Crippen LogP contribution in [0, 0.1) is 12.7 Å². The first-order valence-electron chi connectivity index (χ1n) is 6.68. The van der Waals surface area contributed by atoms with Gasteiger partial charge in [0.25, 0.3) is 0 Å². The molecule has 1 aromatic carbocycles. The fraction of sp³-hybridized carbons (Fsp3) is 0.250. The second kappa shape index (κ2) is 6.35. The fourth-order valence-electron chi connectivity index (χ4n) is 1.92. The minimum atomic E-state index is -1.03. The lowest BCUT2D eigenvalue weighted by Crippen LogP contribution is -2.02. The van der Waals surface area contributed by atoms with Gasteiger partial charge in [0.2, 0.25) is 5.88 Å². The summed E-state index contributed by atoms with van der Waals surface area (Å²) in [5.41, 5.74) is 1.24. The van der Waals surface area contributed by atoms with Gasteiger partial charge in [0.1, 0.15) is 11.6 Å². The molecular formula is C16H16FNO3. The van der Waals surface area contributed by atoms with E-state index in [-0.39, 0.29) is 17.3 Å². The molecule has 0 fully saturated rings. The highest BCUT2D eigenvalue weighted by atomic mass is 19.1. The number of aromatic carboxylic acids is 1. The van der Waals surface area contributed by atoms with Crippen LogP contribution in [0.2, 0.25) is 0 Å². The van der Waals surface area contributed by atoms with Crippen molar-refractivity contribution in [2.24, 2.45) is 0 Å². The first-order chi connectivity index (χ1) is 9.99. The molecule has 0 atom stereocenters. The second-order valence-electron chi connectivity index (χ2n) is 4.75. The maximum absolute atomic E-state index is 13.2. The number of aryl methyl sites for hydroxylation is 2. The largest absolute Gasteiger partial charge is 0.478 e. The zero-order valence-corrected chi connectivity index (χ0v) is 11.9. The molecule has 1 N–H and O–H groups in total. The zero-order valence-electron chi connectivity index (χ0n) is 11.9. The summed E-state index contributed by atoms with van der Waals surface area (Å²) < 4.78 is 18.8. The average Bonchev–Trinajstić information content (AvgIpc) is 2.43. The van der Waals surface area contributed by atoms with Gasteiger partial charge in [-0.1, -0.05) is 13.3 Å². The summed E-state index contributed by atoms with van der Waals surface area (Å²) in [7, 11) is 0. The van der Waals surface area contributed by atoms with Crippen LogP contribution in [0.25, 0.3) is 0 Å². The third-order valence-corrected chi connectivity index (χ3v) is 2.96. The number of rotatable bonds is 5. The van der Waals surface area contributed by atoms with E-state index in [1.807, 2.05) is 6.92 Å². The van der Waals surface area contributed by atoms with Crippen LogP contribution >= 0.6 is 0 Å². The SMILES string of the molecule is CCCc1cc(C(=O)O)cc(Oc2ccc(F)c(C)c2)n1. The number of pyridine rings is 1. The molecule has 4 nitrogen and oxygen atoms in total. The van der Waals surface area contributed by atoms with E-state index in [2.05, 4.69) is 4.98 Å². The van der Waals surface area contributed by atoms with Gasteiger partial charge in [-0.2, -0.15) is 0 Å². The van der Waals surface area contributed by atoms with E-state index in [1.165, 1.54) is 24.3 Å². The molecular weight excluding hydrogens is 273 g/mol. The van der Waals surface area contributed by atoms with Gasteiger partial charge in [-0.05, 0) is 43.2 Å². The Hall–Kier alpha value is -2.43. The van der Waals surface area contributed by atoms with Crippen molar-refractivity contribution in [2.75, 3.05) is 0 Å². The molecule has 0 aliphatic rings. The van der Waals surface area contributed by atoms with Gasteiger partial charge >= 0.3 is 5.97 Å². The molecule has 1 heterocycles. The van der Waals surface area contributed by atoms with Crippen LogP contribution in [0.5, 0.6) is 11.6 Å². The lowest BCUT2D eigenvalue weighted by atomic mass is 10.1. The molecule has 110 valence electrons. The molecule has 21 heavy (non-hydrogen) atoms. The van der Waals surface area contributed by atoms with Crippen molar-refractivity contribution in [1.82, 2.24) is 4.98 Å². The molecule has 1 aromatic heterocycles. The van der Waals surface area contributed by atoms with Gasteiger partial charge in [-0.15, -0.1) is 0 Å². The number of aromatic nitrogens is 1. The van der Waals surface area contributed by atoms with Crippen LogP contribution in [-0.2, 0) is 6.42 Å². The van der Waals surface area contributed by atoms with Crippen LogP contribution in [-0.4, -0.2) is 16.1 Å². The molecule has 0 bridgehead atoms. The Labute approximate surface area is 122 Å². The molecule has 0 aliphatic heterocycles. The van der Waals surface area contributed by atoms with E-state index in [1.54, 1.807) is 13.0 Å². The molecule has 0 radical (unpaired) electrons. The minimum absolute atomic E-state index is 0.127. The molecule has 5 heteroatoms. The predicted molar refractivity (Wildman–Crippen MR) is 76.4 cm³/mol. The average molecular weight is 289 g/mol. The topological polar surface area (TPSA) is 59.4 Å². The van der Waals surface area contributed by atoms with Gasteiger partial charge in [0.05, 0.1) is 5.56 Å². The Bertz CT molecular complexity index is 671. The summed E-state index contributed by atoms with van der Waals surface area (Å²) in [6, 6.07) is 7.23. The molecule has 0 aliphatic carbocycles. The van der Waals surface area contributed by atoms with Crippen molar-refractivity contribution in [3.63, 3.8) is 0 Å². The number of nitrogens with zero attached hydrogens (tertiary/aromatic N) is 1. The summed E-state index contributed by atoms with van der Waals surface area (Å²) in [6.45, 7) is 3.62. The first kappa shape index (κ1) is 15.0. The number of ether oxygens (including phenoxy) is 1. The lowest BCUT2D eigenvalue weighted by molar-refractivity contribution is 0.0696. The summed E-state index contributed by atoms with van der Waals surface area (Å²) in [5, 5.41) is 9.12. The number of carboxylic acids is 1. The third kappa shape index (κ3) is 3.78. The van der Waals surface area contributed by atoms with E-state index >= 15 is 0 Å². The summed E-state index contributed by atoms with van der Waals surface area (Å²) in [4.78, 5) is 15.4. The molecule has 2 aromatic rings. The van der Waals surface area contributed by atoms with Crippen LogP contribution in [0.1, 0.15) is 35.0 Å². The highest BCUT2D eigenvalue weighted by Gasteiger charge is 2.10. The van der Waals surface area contributed by atoms with E-state index < -0.39 is 5.97 Å². The summed E-state index contributed by atoms with van der Waals surface area (Å²) in [6.07, 6.45) is 1.52. The molecule has 0 saturated heterocycles. The maximum atomic E-state index is 13.2. The Morgan fingerprint density at radius 3 is 2.71 bits per heavy atom. The Kier molecular flexibility index (Phi) is 4.52. The quantitative estimate of drug-likeness (QED) is 0.904. The number of halogens is 1. The lowest BCUT2D eigenvalue weighted by Gasteiger charge is -2.09. The summed E-state index contributed by atoms with van der Waals surface area (Å²) >= 11 is 0. The number of benzene rings is 1. The van der Waals surface area contributed by atoms with E-state index in [0.717, 1.165) is 6.42 Å². The minimum Gasteiger partial charge on any atom is -0.478 e. The Morgan fingerprint density at radius 1 is 1.33 bits per heavy atom. The molecule has 0 unspecified atom stereocenters. The maximum Gasteiger partial charge on any atom is 0.335 e. The van der Waals surface area contributed by atoms with E-state index in [4.69, 9.17) is 9.84 Å². The first-order valence-corrected chi connectivity index (χ1v) is 6.68. The van der Waals surface area contributed by atoms with Crippen molar-refractivity contribution in [1.29, 1.82) is 0 Å². The van der Waals surface area contributed by atoms with Crippen molar-refractivity contribution in [3.05, 3.63) is 53.0 Å². The van der Waals surface area contributed by atoms with Crippen molar-refractivity contribution in [3.8, 4) is 11.6 Å². The van der Waals surface area contributed by atoms with Crippen molar-refractivity contribution >= 4 is 5.97 Å². The van der Waals surface area contributed by atoms with Crippen LogP contribution in [0.15, 0.2) is 30.3 Å². The van der Waals surface area contributed by atoms with Gasteiger partial charge < -0.3 is 9.84 Å². The molecule has 2 rings (SSSR count). The number of carboxylic acid groups (broad SMARTS) is 1. The summed E-state index contributed by atoms with van der Waals surface area (Å²) in [5.74, 6) is -0.730. The molecule has 0 spiro atoms. The van der Waals surface area contributed by atoms with Gasteiger partial charge in [0, 0.05) is 11.8 Å². The predicted octanol–water partition coefficient (Wildman–Crippen LogP) is 3.97. The number of hydrogen-bond acceptors (Lipinski definition) is 3. The van der Waals surface area contributed by atoms with Gasteiger partial charge in [0.15, 0.2) is 0 Å². The standard InChI is InChI=1S/C16H16FNO3/c1-3-4-12-8-11(16(19)20)9-15(18-12)21-13-5-6-14(17)10(2)7-13/h5-9H,3-4H2,1-2H3,(H,19,20). The van der Waals surface area contributed by atoms with Crippen LogP contribution < -0.4 is 4.74 Å².